The molecule has 7 heteroatoms. The molecule has 1 heterocycles. The molecule has 0 radical (unpaired) electrons. The number of aryl methyl sites for hydroxylation is 2. The molecule has 0 unspecified atom stereocenters. The average Bonchev–Trinajstić information content (AvgIpc) is 2.47. The summed E-state index contributed by atoms with van der Waals surface area (Å²) in [5, 5.41) is 2.91. The highest BCUT2D eigenvalue weighted by molar-refractivity contribution is 5.43. The van der Waals surface area contributed by atoms with E-state index < -0.39 is 11.7 Å². The van der Waals surface area contributed by atoms with Crippen LogP contribution in [0.4, 0.5) is 19.0 Å². The third-order valence-electron chi connectivity index (χ3n) is 3.14. The van der Waals surface area contributed by atoms with Crippen molar-refractivity contribution in [3.05, 3.63) is 46.9 Å². The highest BCUT2D eigenvalue weighted by Gasteiger charge is 2.33. The Balaban J connectivity index is 2.27. The molecule has 0 aliphatic rings. The Morgan fingerprint density at radius 2 is 1.95 bits per heavy atom. The maximum atomic E-state index is 13.1. The fourth-order valence-electron chi connectivity index (χ4n) is 1.98. The largest absolute Gasteiger partial charge is 0.497 e. The van der Waals surface area contributed by atoms with E-state index in [-0.39, 0.29) is 17.9 Å². The van der Waals surface area contributed by atoms with Gasteiger partial charge in [-0.3, -0.25) is 4.98 Å². The number of halogens is 3. The van der Waals surface area contributed by atoms with Gasteiger partial charge in [0.2, 0.25) is 0 Å². The Hall–Kier alpha value is -2.31. The number of aromatic nitrogens is 2. The molecule has 22 heavy (non-hydrogen) atoms. The van der Waals surface area contributed by atoms with Crippen molar-refractivity contribution < 1.29 is 17.9 Å². The highest BCUT2D eigenvalue weighted by atomic mass is 19.4. The molecule has 0 aliphatic carbocycles. The number of nitrogens with one attached hydrogen (secondary N) is 1. The van der Waals surface area contributed by atoms with Gasteiger partial charge in [0.25, 0.3) is 0 Å². The molecule has 0 atom stereocenters. The first kappa shape index (κ1) is 16.1. The minimum absolute atomic E-state index is 0.00217. The summed E-state index contributed by atoms with van der Waals surface area (Å²) in [6, 6.07) is 3.89. The molecule has 1 aromatic carbocycles. The predicted molar refractivity (Wildman–Crippen MR) is 76.8 cm³/mol. The first-order valence-electron chi connectivity index (χ1n) is 6.59. The van der Waals surface area contributed by atoms with Crippen LogP contribution in [0.3, 0.4) is 0 Å². The van der Waals surface area contributed by atoms with Crippen molar-refractivity contribution >= 4 is 5.82 Å². The summed E-state index contributed by atoms with van der Waals surface area (Å²) in [5.74, 6) is 0.645. The van der Waals surface area contributed by atoms with Crippen LogP contribution in [0.5, 0.6) is 5.75 Å². The van der Waals surface area contributed by atoms with Crippen molar-refractivity contribution in [2.24, 2.45) is 0 Å². The van der Waals surface area contributed by atoms with Gasteiger partial charge in [-0.15, -0.1) is 0 Å². The summed E-state index contributed by atoms with van der Waals surface area (Å²) in [6.07, 6.45) is -2.84. The first-order valence-corrected chi connectivity index (χ1v) is 6.59. The average molecular weight is 311 g/mol. The zero-order valence-electron chi connectivity index (χ0n) is 12.5. The maximum absolute atomic E-state index is 13.1. The minimum Gasteiger partial charge on any atom is -0.497 e. The first-order chi connectivity index (χ1) is 10.3. The van der Waals surface area contributed by atoms with Crippen LogP contribution in [0.15, 0.2) is 24.4 Å². The van der Waals surface area contributed by atoms with Gasteiger partial charge in [-0.2, -0.15) is 13.2 Å². The zero-order chi connectivity index (χ0) is 16.3. The van der Waals surface area contributed by atoms with Crippen molar-refractivity contribution in [2.45, 2.75) is 26.6 Å². The summed E-state index contributed by atoms with van der Waals surface area (Å²) >= 11 is 0. The number of methoxy groups -OCH3 is 1. The number of nitrogens with zero attached hydrogens (tertiary/aromatic N) is 2. The summed E-state index contributed by atoms with van der Waals surface area (Å²) in [6.45, 7) is 3.51. The normalized spacial score (nSPS) is 11.4. The molecule has 0 saturated carbocycles. The van der Waals surface area contributed by atoms with Crippen LogP contribution < -0.4 is 10.1 Å². The third kappa shape index (κ3) is 3.66. The lowest BCUT2D eigenvalue weighted by molar-refractivity contribution is -0.138. The van der Waals surface area contributed by atoms with E-state index in [4.69, 9.17) is 4.74 Å². The highest BCUT2D eigenvalue weighted by Crippen LogP contribution is 2.34. The van der Waals surface area contributed by atoms with Gasteiger partial charge in [0.15, 0.2) is 0 Å². The fraction of sp³-hybridized carbons (Fsp3) is 0.333. The number of hydrogen-bond donors (Lipinski definition) is 1. The molecule has 0 bridgehead atoms. The van der Waals surface area contributed by atoms with E-state index in [1.54, 1.807) is 20.0 Å². The van der Waals surface area contributed by atoms with E-state index in [1.165, 1.54) is 19.2 Å². The lowest BCUT2D eigenvalue weighted by atomic mass is 10.1. The maximum Gasteiger partial charge on any atom is 0.416 e. The van der Waals surface area contributed by atoms with E-state index >= 15 is 0 Å². The van der Waals surface area contributed by atoms with Crippen molar-refractivity contribution in [1.82, 2.24) is 9.97 Å². The topological polar surface area (TPSA) is 47.0 Å². The van der Waals surface area contributed by atoms with E-state index in [1.807, 2.05) is 0 Å². The van der Waals surface area contributed by atoms with Crippen molar-refractivity contribution in [3.8, 4) is 5.75 Å². The molecular weight excluding hydrogens is 295 g/mol. The Morgan fingerprint density at radius 1 is 1.23 bits per heavy atom. The Bertz CT molecular complexity index is 672. The fourth-order valence-corrected chi connectivity index (χ4v) is 1.98. The van der Waals surface area contributed by atoms with Crippen LogP contribution in [-0.2, 0) is 12.7 Å². The van der Waals surface area contributed by atoms with E-state index in [9.17, 15) is 13.2 Å². The molecule has 0 saturated heterocycles. The van der Waals surface area contributed by atoms with Gasteiger partial charge in [-0.05, 0) is 31.5 Å². The summed E-state index contributed by atoms with van der Waals surface area (Å²) in [7, 11) is 1.33. The number of alkyl halides is 3. The summed E-state index contributed by atoms with van der Waals surface area (Å²) in [5.41, 5.74) is 0.722. The van der Waals surface area contributed by atoms with Crippen LogP contribution in [-0.4, -0.2) is 17.1 Å². The van der Waals surface area contributed by atoms with Crippen molar-refractivity contribution in [3.63, 3.8) is 0 Å². The van der Waals surface area contributed by atoms with Crippen LogP contribution in [0.1, 0.15) is 22.5 Å². The van der Waals surface area contributed by atoms with Crippen LogP contribution in [0, 0.1) is 13.8 Å². The Kier molecular flexibility index (Phi) is 4.54. The van der Waals surface area contributed by atoms with Crippen molar-refractivity contribution in [1.29, 1.82) is 0 Å². The standard InChI is InChI=1S/C15H16F3N3O/c1-9-7-19-10(2)14(21-9)20-8-11-4-5-12(22-3)6-13(11)15(16,17)18/h4-7H,8H2,1-3H3,(H,20,21). The summed E-state index contributed by atoms with van der Waals surface area (Å²) in [4.78, 5) is 8.36. The number of rotatable bonds is 4. The predicted octanol–water partition coefficient (Wildman–Crippen LogP) is 3.73. The lowest BCUT2D eigenvalue weighted by Gasteiger charge is -2.15. The van der Waals surface area contributed by atoms with Crippen molar-refractivity contribution in [2.75, 3.05) is 12.4 Å². The van der Waals surface area contributed by atoms with Gasteiger partial charge in [0.05, 0.1) is 24.1 Å². The minimum atomic E-state index is -4.45. The Labute approximate surface area is 126 Å². The monoisotopic (exact) mass is 311 g/mol. The van der Waals surface area contributed by atoms with Gasteiger partial charge in [-0.25, -0.2) is 4.98 Å². The van der Waals surface area contributed by atoms with Crippen LogP contribution in [0.25, 0.3) is 0 Å². The van der Waals surface area contributed by atoms with Gasteiger partial charge in [0, 0.05) is 12.7 Å². The van der Waals surface area contributed by atoms with E-state index in [2.05, 4.69) is 15.3 Å². The smallest absolute Gasteiger partial charge is 0.416 e. The molecule has 0 spiro atoms. The second kappa shape index (κ2) is 6.21. The lowest BCUT2D eigenvalue weighted by Crippen LogP contribution is -2.13. The number of hydrogen-bond acceptors (Lipinski definition) is 4. The molecule has 1 aromatic heterocycles. The molecule has 0 amide bonds. The zero-order valence-corrected chi connectivity index (χ0v) is 12.5. The molecule has 4 nitrogen and oxygen atoms in total. The molecule has 2 rings (SSSR count). The van der Waals surface area contributed by atoms with Gasteiger partial charge < -0.3 is 10.1 Å². The molecule has 0 aliphatic heterocycles. The number of anilines is 1. The second-order valence-electron chi connectivity index (χ2n) is 4.82. The van der Waals surface area contributed by atoms with E-state index in [0.717, 1.165) is 6.07 Å². The van der Waals surface area contributed by atoms with Gasteiger partial charge in [-0.1, -0.05) is 6.07 Å². The van der Waals surface area contributed by atoms with E-state index in [0.29, 0.717) is 17.2 Å². The molecule has 118 valence electrons. The number of ether oxygens (including phenoxy) is 1. The molecular formula is C15H16F3N3O. The number of benzene rings is 1. The second-order valence-corrected chi connectivity index (χ2v) is 4.82. The van der Waals surface area contributed by atoms with Gasteiger partial charge in [0.1, 0.15) is 11.6 Å². The quantitative estimate of drug-likeness (QED) is 0.934. The van der Waals surface area contributed by atoms with Crippen LogP contribution >= 0.6 is 0 Å². The third-order valence-corrected chi connectivity index (χ3v) is 3.14. The Morgan fingerprint density at radius 3 is 2.59 bits per heavy atom. The van der Waals surface area contributed by atoms with Crippen LogP contribution in [0.2, 0.25) is 0 Å². The SMILES string of the molecule is COc1ccc(CNc2nc(C)cnc2C)c(C(F)(F)F)c1. The molecule has 2 aromatic rings. The summed E-state index contributed by atoms with van der Waals surface area (Å²) < 4.78 is 44.2. The molecule has 0 fully saturated rings. The molecule has 1 N–H and O–H groups in total. The van der Waals surface area contributed by atoms with Gasteiger partial charge >= 0.3 is 6.18 Å².